The molecule has 3 saturated carbocycles. The molecule has 0 aliphatic heterocycles. The van der Waals surface area contributed by atoms with E-state index >= 15 is 0 Å². The summed E-state index contributed by atoms with van der Waals surface area (Å²) in [6, 6.07) is 6.43. The Morgan fingerprint density at radius 2 is 1.76 bits per heavy atom. The molecule has 3 heteroatoms. The van der Waals surface area contributed by atoms with Crippen molar-refractivity contribution in [1.82, 2.24) is 0 Å². The fourth-order valence-corrected chi connectivity index (χ4v) is 7.20. The van der Waals surface area contributed by atoms with Gasteiger partial charge in [-0.25, -0.2) is 4.39 Å². The minimum absolute atomic E-state index is 0.182. The first-order valence-electron chi connectivity index (χ1n) is 11.2. The van der Waals surface area contributed by atoms with E-state index in [0.717, 1.165) is 56.1 Å². The Bertz CT molecular complexity index is 898. The second-order valence-electron chi connectivity index (χ2n) is 10.4. The van der Waals surface area contributed by atoms with Crippen LogP contribution in [0.25, 0.3) is 6.08 Å². The molecule has 1 N–H and O–H groups in total. The zero-order valence-electron chi connectivity index (χ0n) is 17.5. The number of halogens is 1. The van der Waals surface area contributed by atoms with E-state index in [0.29, 0.717) is 23.5 Å². The Morgan fingerprint density at radius 3 is 2.52 bits per heavy atom. The van der Waals surface area contributed by atoms with Crippen molar-refractivity contribution < 1.29 is 14.3 Å². The standard InChI is InChI=1S/C26H31FO2/c1-25-11-9-20(28)15-18(25)5-8-21-22(25)10-12-26(2)23(21)14-17(24(26)29)13-16-3-6-19(27)7-4-16/h3-7,13,20-23,28H,8-12,14-15H2,1-2H3/b17-13+/t20-,21+,22-,23+,25+,26+/m0/s1. The maximum absolute atomic E-state index is 13.4. The molecule has 154 valence electrons. The van der Waals surface area contributed by atoms with Gasteiger partial charge in [-0.15, -0.1) is 0 Å². The molecule has 0 radical (unpaired) electrons. The lowest BCUT2D eigenvalue weighted by atomic mass is 9.48. The highest BCUT2D eigenvalue weighted by Gasteiger charge is 2.59. The van der Waals surface area contributed by atoms with Gasteiger partial charge in [0, 0.05) is 5.41 Å². The number of carbonyl (C=O) groups is 1. The minimum atomic E-state index is -0.261. The first-order chi connectivity index (χ1) is 13.8. The van der Waals surface area contributed by atoms with Gasteiger partial charge in [0.25, 0.3) is 0 Å². The van der Waals surface area contributed by atoms with Crippen molar-refractivity contribution >= 4 is 11.9 Å². The Labute approximate surface area is 172 Å². The summed E-state index contributed by atoms with van der Waals surface area (Å²) < 4.78 is 13.3. The number of aliphatic hydroxyl groups is 1. The maximum Gasteiger partial charge on any atom is 0.165 e. The van der Waals surface area contributed by atoms with Gasteiger partial charge >= 0.3 is 0 Å². The monoisotopic (exact) mass is 394 g/mol. The number of rotatable bonds is 1. The fourth-order valence-electron chi connectivity index (χ4n) is 7.20. The van der Waals surface area contributed by atoms with Gasteiger partial charge in [0.15, 0.2) is 5.78 Å². The molecule has 4 aliphatic rings. The lowest BCUT2D eigenvalue weighted by molar-refractivity contribution is -0.130. The topological polar surface area (TPSA) is 37.3 Å². The second-order valence-corrected chi connectivity index (χ2v) is 10.4. The summed E-state index contributed by atoms with van der Waals surface area (Å²) in [5, 5.41) is 10.2. The molecule has 1 aromatic carbocycles. The minimum Gasteiger partial charge on any atom is -0.393 e. The van der Waals surface area contributed by atoms with Gasteiger partial charge in [0.1, 0.15) is 5.82 Å². The third-order valence-corrected chi connectivity index (χ3v) is 8.93. The van der Waals surface area contributed by atoms with E-state index in [-0.39, 0.29) is 22.8 Å². The third-order valence-electron chi connectivity index (χ3n) is 8.93. The summed E-state index contributed by atoms with van der Waals surface area (Å²) in [7, 11) is 0. The van der Waals surface area contributed by atoms with Crippen molar-refractivity contribution in [1.29, 1.82) is 0 Å². The van der Waals surface area contributed by atoms with E-state index in [2.05, 4.69) is 19.9 Å². The van der Waals surface area contributed by atoms with E-state index in [9.17, 15) is 14.3 Å². The summed E-state index contributed by atoms with van der Waals surface area (Å²) in [5.41, 5.74) is 3.22. The van der Waals surface area contributed by atoms with Crippen LogP contribution in [-0.4, -0.2) is 17.0 Å². The first-order valence-corrected chi connectivity index (χ1v) is 11.2. The number of hydrogen-bond donors (Lipinski definition) is 1. The van der Waals surface area contributed by atoms with Crippen LogP contribution >= 0.6 is 0 Å². The fraction of sp³-hybridized carbons (Fsp3) is 0.577. The van der Waals surface area contributed by atoms with Gasteiger partial charge in [-0.1, -0.05) is 37.6 Å². The van der Waals surface area contributed by atoms with Crippen LogP contribution < -0.4 is 0 Å². The highest BCUT2D eigenvalue weighted by atomic mass is 19.1. The van der Waals surface area contributed by atoms with Crippen molar-refractivity contribution in [2.75, 3.05) is 0 Å². The predicted octanol–water partition coefficient (Wildman–Crippen LogP) is 5.71. The quantitative estimate of drug-likeness (QED) is 0.489. The average molecular weight is 395 g/mol. The van der Waals surface area contributed by atoms with Crippen LogP contribution in [0.3, 0.4) is 0 Å². The number of carbonyl (C=O) groups excluding carboxylic acids is 1. The van der Waals surface area contributed by atoms with Crippen LogP contribution in [0.1, 0.15) is 64.4 Å². The molecule has 0 aromatic heterocycles. The highest BCUT2D eigenvalue weighted by Crippen LogP contribution is 2.64. The molecule has 0 unspecified atom stereocenters. The molecule has 0 spiro atoms. The van der Waals surface area contributed by atoms with Crippen molar-refractivity contribution in [3.05, 3.63) is 52.9 Å². The van der Waals surface area contributed by atoms with Crippen LogP contribution in [0.2, 0.25) is 0 Å². The molecular formula is C26H31FO2. The molecule has 1 aromatic rings. The summed E-state index contributed by atoms with van der Waals surface area (Å²) >= 11 is 0. The van der Waals surface area contributed by atoms with E-state index in [1.54, 1.807) is 12.1 Å². The zero-order valence-corrected chi connectivity index (χ0v) is 17.5. The summed E-state index contributed by atoms with van der Waals surface area (Å²) in [5.74, 6) is 1.61. The average Bonchev–Trinajstić information content (AvgIpc) is 2.95. The van der Waals surface area contributed by atoms with Gasteiger partial charge in [0.2, 0.25) is 0 Å². The number of Topliss-reactive ketones (excluding diaryl/α,β-unsaturated/α-hetero) is 1. The highest BCUT2D eigenvalue weighted by molar-refractivity contribution is 6.05. The molecule has 0 heterocycles. The van der Waals surface area contributed by atoms with E-state index < -0.39 is 0 Å². The van der Waals surface area contributed by atoms with Crippen LogP contribution in [0, 0.1) is 34.4 Å². The summed E-state index contributed by atoms with van der Waals surface area (Å²) in [6.07, 6.45) is 11.0. The van der Waals surface area contributed by atoms with Crippen molar-refractivity contribution in [3.63, 3.8) is 0 Å². The van der Waals surface area contributed by atoms with Gasteiger partial charge in [0.05, 0.1) is 6.10 Å². The molecule has 2 nitrogen and oxygen atoms in total. The predicted molar refractivity (Wildman–Crippen MR) is 112 cm³/mol. The molecule has 5 rings (SSSR count). The Morgan fingerprint density at radius 1 is 1.03 bits per heavy atom. The molecule has 0 saturated heterocycles. The Balaban J connectivity index is 1.47. The number of benzene rings is 1. The van der Waals surface area contributed by atoms with Crippen molar-refractivity contribution in [2.24, 2.45) is 28.6 Å². The van der Waals surface area contributed by atoms with Crippen LogP contribution in [0.15, 0.2) is 41.5 Å². The SMILES string of the molecule is C[C@@]12CC[C@H]3[C@@H](CC=C4C[C@@H](O)CC[C@]43C)[C@H]1C/C(=C\c1ccc(F)cc1)C2=O. The molecular weight excluding hydrogens is 363 g/mol. The van der Waals surface area contributed by atoms with Crippen LogP contribution in [0.4, 0.5) is 4.39 Å². The van der Waals surface area contributed by atoms with Crippen molar-refractivity contribution in [2.45, 2.75) is 64.9 Å². The number of ketones is 1. The van der Waals surface area contributed by atoms with Gasteiger partial charge in [-0.3, -0.25) is 4.79 Å². The van der Waals surface area contributed by atoms with Crippen LogP contribution in [-0.2, 0) is 4.79 Å². The van der Waals surface area contributed by atoms with Crippen molar-refractivity contribution in [3.8, 4) is 0 Å². The molecule has 6 atom stereocenters. The van der Waals surface area contributed by atoms with Gasteiger partial charge < -0.3 is 5.11 Å². The third kappa shape index (κ3) is 2.88. The molecule has 4 aliphatic carbocycles. The normalized spacial score (nSPS) is 42.8. The van der Waals surface area contributed by atoms with Gasteiger partial charge in [-0.2, -0.15) is 0 Å². The smallest absolute Gasteiger partial charge is 0.165 e. The molecule has 0 amide bonds. The van der Waals surface area contributed by atoms with Gasteiger partial charge in [-0.05, 0) is 97.5 Å². The van der Waals surface area contributed by atoms with E-state index in [4.69, 9.17) is 0 Å². The molecule has 0 bridgehead atoms. The largest absolute Gasteiger partial charge is 0.393 e. The lowest BCUT2D eigenvalue weighted by Gasteiger charge is -2.56. The number of aliphatic hydroxyl groups excluding tert-OH is 1. The number of hydrogen-bond acceptors (Lipinski definition) is 2. The van der Waals surface area contributed by atoms with E-state index in [1.807, 2.05) is 6.08 Å². The summed E-state index contributed by atoms with van der Waals surface area (Å²) in [6.45, 7) is 4.60. The Hall–Kier alpha value is -1.74. The molecule has 3 fully saturated rings. The molecule has 29 heavy (non-hydrogen) atoms. The first kappa shape index (κ1) is 19.2. The number of allylic oxidation sites excluding steroid dienone is 2. The Kier molecular flexibility index (Phi) is 4.40. The van der Waals surface area contributed by atoms with E-state index in [1.165, 1.54) is 17.7 Å². The lowest BCUT2D eigenvalue weighted by Crippen LogP contribution is -2.50. The van der Waals surface area contributed by atoms with Crippen LogP contribution in [0.5, 0.6) is 0 Å². The second kappa shape index (κ2) is 6.63. The number of fused-ring (bicyclic) bond motifs is 5. The summed E-state index contributed by atoms with van der Waals surface area (Å²) in [4.78, 5) is 13.4. The zero-order chi connectivity index (χ0) is 20.4. The maximum atomic E-state index is 13.4.